The lowest BCUT2D eigenvalue weighted by Gasteiger charge is -2.12. The van der Waals surface area contributed by atoms with Gasteiger partial charge in [0, 0.05) is 18.5 Å². The first kappa shape index (κ1) is 20.1. The van der Waals surface area contributed by atoms with E-state index in [4.69, 9.17) is 13.9 Å². The van der Waals surface area contributed by atoms with Gasteiger partial charge in [0.25, 0.3) is 5.91 Å². The fourth-order valence-electron chi connectivity index (χ4n) is 3.45. The quantitative estimate of drug-likeness (QED) is 0.689. The number of hydrogen-bond donors (Lipinski definition) is 1. The normalized spacial score (nSPS) is 16.8. The number of para-hydroxylation sites is 1. The molecule has 1 aromatic heterocycles. The summed E-state index contributed by atoms with van der Waals surface area (Å²) in [6.07, 6.45) is 1.94. The number of hydrogen-bond acceptors (Lipinski definition) is 5. The fourth-order valence-corrected chi connectivity index (χ4v) is 3.45. The molecule has 1 aliphatic rings. The molecule has 1 fully saturated rings. The summed E-state index contributed by atoms with van der Waals surface area (Å²) in [4.78, 5) is 17.4. The first-order valence-electron chi connectivity index (χ1n) is 9.86. The third-order valence-electron chi connectivity index (χ3n) is 5.09. The second kappa shape index (κ2) is 8.67. The van der Waals surface area contributed by atoms with Crippen molar-refractivity contribution in [3.63, 3.8) is 0 Å². The maximum atomic E-state index is 13.6. The molecule has 0 saturated carbocycles. The molecule has 7 heteroatoms. The molecular formula is C23H23FN2O4. The molecule has 2 heterocycles. The molecule has 1 atom stereocenters. The number of benzene rings is 2. The van der Waals surface area contributed by atoms with Gasteiger partial charge in [0.15, 0.2) is 11.3 Å². The third-order valence-corrected chi connectivity index (χ3v) is 5.09. The Labute approximate surface area is 173 Å². The number of methoxy groups -OCH3 is 1. The zero-order valence-electron chi connectivity index (χ0n) is 16.9. The molecule has 1 N–H and O–H groups in total. The monoisotopic (exact) mass is 410 g/mol. The van der Waals surface area contributed by atoms with Gasteiger partial charge in [-0.15, -0.1) is 0 Å². The summed E-state index contributed by atoms with van der Waals surface area (Å²) in [5.41, 5.74) is 1.84. The van der Waals surface area contributed by atoms with E-state index in [9.17, 15) is 9.18 Å². The highest BCUT2D eigenvalue weighted by atomic mass is 19.1. The number of amides is 1. The van der Waals surface area contributed by atoms with Crippen LogP contribution < -0.4 is 15.6 Å². The summed E-state index contributed by atoms with van der Waals surface area (Å²) < 4.78 is 30.6. The first-order chi connectivity index (χ1) is 14.5. The van der Waals surface area contributed by atoms with Crippen LogP contribution in [-0.2, 0) is 4.74 Å². The van der Waals surface area contributed by atoms with Crippen molar-refractivity contribution in [2.24, 2.45) is 4.99 Å². The molecule has 156 valence electrons. The van der Waals surface area contributed by atoms with E-state index in [0.29, 0.717) is 34.5 Å². The summed E-state index contributed by atoms with van der Waals surface area (Å²) in [7, 11) is 1.55. The molecular weight excluding hydrogens is 387 g/mol. The average Bonchev–Trinajstić information content (AvgIpc) is 3.27. The summed E-state index contributed by atoms with van der Waals surface area (Å²) >= 11 is 0. The predicted octanol–water partition coefficient (Wildman–Crippen LogP) is 4.03. The number of halogens is 1. The molecule has 0 unspecified atom stereocenters. The number of nitrogens with one attached hydrogen (secondary N) is 1. The van der Waals surface area contributed by atoms with Gasteiger partial charge in [-0.05, 0) is 55.7 Å². The number of aryl methyl sites for hydroxylation is 1. The Bertz CT molecular complexity index is 1150. The maximum Gasteiger partial charge on any atom is 0.256 e. The Morgan fingerprint density at radius 1 is 1.30 bits per heavy atom. The fraction of sp³-hybridized carbons (Fsp3) is 0.304. The largest absolute Gasteiger partial charge is 0.493 e. The lowest BCUT2D eigenvalue weighted by Crippen LogP contribution is -2.34. The van der Waals surface area contributed by atoms with Crippen LogP contribution in [0.4, 0.5) is 10.1 Å². The van der Waals surface area contributed by atoms with Gasteiger partial charge in [0.1, 0.15) is 11.4 Å². The zero-order valence-corrected chi connectivity index (χ0v) is 16.9. The molecule has 2 aromatic carbocycles. The minimum absolute atomic E-state index is 0.0200. The minimum atomic E-state index is -0.319. The smallest absolute Gasteiger partial charge is 0.256 e. The van der Waals surface area contributed by atoms with E-state index >= 15 is 0 Å². The van der Waals surface area contributed by atoms with Crippen LogP contribution in [0.1, 0.15) is 28.8 Å². The van der Waals surface area contributed by atoms with Crippen molar-refractivity contribution in [1.82, 2.24) is 5.32 Å². The second-order valence-electron chi connectivity index (χ2n) is 7.23. The van der Waals surface area contributed by atoms with E-state index in [1.165, 1.54) is 6.07 Å². The number of nitrogens with zero attached hydrogens (tertiary/aromatic N) is 1. The van der Waals surface area contributed by atoms with Crippen molar-refractivity contribution in [2.45, 2.75) is 25.9 Å². The molecule has 3 aromatic rings. The number of ether oxygens (including phenoxy) is 2. The molecule has 1 amide bonds. The molecule has 0 spiro atoms. The Balaban J connectivity index is 1.79. The molecule has 4 rings (SSSR count). The van der Waals surface area contributed by atoms with Crippen LogP contribution in [0.3, 0.4) is 0 Å². The van der Waals surface area contributed by atoms with Crippen LogP contribution in [0.5, 0.6) is 5.75 Å². The van der Waals surface area contributed by atoms with Gasteiger partial charge >= 0.3 is 0 Å². The van der Waals surface area contributed by atoms with Gasteiger partial charge in [0.05, 0.1) is 18.9 Å². The summed E-state index contributed by atoms with van der Waals surface area (Å²) in [6, 6.07) is 11.6. The minimum Gasteiger partial charge on any atom is -0.493 e. The Kier molecular flexibility index (Phi) is 5.81. The van der Waals surface area contributed by atoms with Crippen molar-refractivity contribution in [3.8, 4) is 5.75 Å². The Hall–Kier alpha value is -3.19. The lowest BCUT2D eigenvalue weighted by atomic mass is 10.1. The van der Waals surface area contributed by atoms with Crippen molar-refractivity contribution >= 4 is 22.6 Å². The van der Waals surface area contributed by atoms with E-state index in [1.807, 2.05) is 12.1 Å². The van der Waals surface area contributed by atoms with Gasteiger partial charge in [0.2, 0.25) is 5.55 Å². The average molecular weight is 410 g/mol. The van der Waals surface area contributed by atoms with E-state index in [-0.39, 0.29) is 28.9 Å². The van der Waals surface area contributed by atoms with Crippen molar-refractivity contribution < 1.29 is 23.1 Å². The molecule has 0 bridgehead atoms. The number of rotatable bonds is 5. The van der Waals surface area contributed by atoms with Gasteiger partial charge in [-0.1, -0.05) is 12.1 Å². The second-order valence-corrected chi connectivity index (χ2v) is 7.23. The first-order valence-corrected chi connectivity index (χ1v) is 9.86. The SMILES string of the molecule is COc1cccc2cc(C(=O)NC[C@H]3CCCO3)c(=Nc3ccc(F)c(C)c3)oc12. The summed E-state index contributed by atoms with van der Waals surface area (Å²) in [6.45, 7) is 2.80. The predicted molar refractivity (Wildman–Crippen MR) is 110 cm³/mol. The molecule has 0 radical (unpaired) electrons. The third kappa shape index (κ3) is 4.21. The van der Waals surface area contributed by atoms with Crippen LogP contribution in [0.2, 0.25) is 0 Å². The zero-order chi connectivity index (χ0) is 21.1. The Morgan fingerprint density at radius 3 is 2.90 bits per heavy atom. The van der Waals surface area contributed by atoms with E-state index < -0.39 is 0 Å². The number of carbonyl (C=O) groups excluding carboxylic acids is 1. The van der Waals surface area contributed by atoms with Crippen LogP contribution >= 0.6 is 0 Å². The van der Waals surface area contributed by atoms with Crippen LogP contribution in [0, 0.1) is 12.7 Å². The van der Waals surface area contributed by atoms with Gasteiger partial charge in [-0.3, -0.25) is 4.79 Å². The van der Waals surface area contributed by atoms with Crippen molar-refractivity contribution in [1.29, 1.82) is 0 Å². The molecule has 30 heavy (non-hydrogen) atoms. The van der Waals surface area contributed by atoms with Crippen LogP contribution in [-0.4, -0.2) is 32.3 Å². The van der Waals surface area contributed by atoms with Gasteiger partial charge in [-0.2, -0.15) is 0 Å². The topological polar surface area (TPSA) is 73.1 Å². The molecule has 1 aliphatic heterocycles. The van der Waals surface area contributed by atoms with Gasteiger partial charge < -0.3 is 19.2 Å². The van der Waals surface area contributed by atoms with Crippen LogP contribution in [0.15, 0.2) is 51.9 Å². The molecule has 0 aliphatic carbocycles. The lowest BCUT2D eigenvalue weighted by molar-refractivity contribution is 0.0854. The van der Waals surface area contributed by atoms with E-state index in [2.05, 4.69) is 10.3 Å². The van der Waals surface area contributed by atoms with Gasteiger partial charge in [-0.25, -0.2) is 9.38 Å². The number of carbonyl (C=O) groups is 1. The van der Waals surface area contributed by atoms with E-state index in [1.54, 1.807) is 38.3 Å². The summed E-state index contributed by atoms with van der Waals surface area (Å²) in [5.74, 6) is -0.0947. The highest BCUT2D eigenvalue weighted by molar-refractivity contribution is 5.97. The highest BCUT2D eigenvalue weighted by Gasteiger charge is 2.19. The molecule has 6 nitrogen and oxygen atoms in total. The standard InChI is InChI=1S/C23H23FN2O4/c1-14-11-16(8-9-19(14)24)26-23-18(22(27)25-13-17-6-4-10-29-17)12-15-5-3-7-20(28-2)21(15)30-23/h3,5,7-9,11-12,17H,4,6,10,13H2,1-2H3,(H,25,27)/t17-/m1/s1. The van der Waals surface area contributed by atoms with Crippen molar-refractivity contribution in [2.75, 3.05) is 20.3 Å². The maximum absolute atomic E-state index is 13.6. The Morgan fingerprint density at radius 2 is 2.17 bits per heavy atom. The highest BCUT2D eigenvalue weighted by Crippen LogP contribution is 2.25. The van der Waals surface area contributed by atoms with Crippen molar-refractivity contribution in [3.05, 3.63) is 65.0 Å². The number of fused-ring (bicyclic) bond motifs is 1. The molecule has 1 saturated heterocycles. The van der Waals surface area contributed by atoms with Crippen LogP contribution in [0.25, 0.3) is 11.0 Å². The van der Waals surface area contributed by atoms with E-state index in [0.717, 1.165) is 19.4 Å². The summed E-state index contributed by atoms with van der Waals surface area (Å²) in [5, 5.41) is 3.62.